The van der Waals surface area contributed by atoms with Gasteiger partial charge in [-0.3, -0.25) is 0 Å². The monoisotopic (exact) mass is 356 g/mol. The van der Waals surface area contributed by atoms with Crippen LogP contribution in [0.15, 0.2) is 60.7 Å². The lowest BCUT2D eigenvalue weighted by atomic mass is 9.94. The van der Waals surface area contributed by atoms with Crippen LogP contribution in [0, 0.1) is 0 Å². The highest BCUT2D eigenvalue weighted by Gasteiger charge is 2.49. The van der Waals surface area contributed by atoms with E-state index in [9.17, 15) is 0 Å². The van der Waals surface area contributed by atoms with E-state index in [-0.39, 0.29) is 24.4 Å². The molecule has 4 nitrogen and oxygen atoms in total. The SMILES string of the molecule is CCO[C@H](c1ccccc1)[C@@H]1OC(C)(C)OC1C(OC)c1ccccc1. The topological polar surface area (TPSA) is 36.9 Å². The van der Waals surface area contributed by atoms with E-state index in [0.717, 1.165) is 11.1 Å². The Morgan fingerprint density at radius 3 is 1.77 bits per heavy atom. The molecule has 1 saturated heterocycles. The lowest BCUT2D eigenvalue weighted by Gasteiger charge is -2.30. The fraction of sp³-hybridized carbons (Fsp3) is 0.455. The maximum Gasteiger partial charge on any atom is 0.164 e. The van der Waals surface area contributed by atoms with Crippen LogP contribution in [0.5, 0.6) is 0 Å². The fourth-order valence-corrected chi connectivity index (χ4v) is 3.59. The first-order valence-corrected chi connectivity index (χ1v) is 9.15. The summed E-state index contributed by atoms with van der Waals surface area (Å²) in [7, 11) is 1.71. The minimum atomic E-state index is -0.703. The van der Waals surface area contributed by atoms with Gasteiger partial charge in [-0.1, -0.05) is 60.7 Å². The van der Waals surface area contributed by atoms with Crippen LogP contribution in [0.1, 0.15) is 44.1 Å². The summed E-state index contributed by atoms with van der Waals surface area (Å²) in [5.74, 6) is -0.703. The van der Waals surface area contributed by atoms with Gasteiger partial charge in [-0.05, 0) is 31.9 Å². The van der Waals surface area contributed by atoms with Gasteiger partial charge in [0.15, 0.2) is 5.79 Å². The third-order valence-electron chi connectivity index (χ3n) is 4.62. The molecule has 1 heterocycles. The number of hydrogen-bond donors (Lipinski definition) is 0. The summed E-state index contributed by atoms with van der Waals surface area (Å²) in [5, 5.41) is 0. The summed E-state index contributed by atoms with van der Waals surface area (Å²) in [6.45, 7) is 6.46. The van der Waals surface area contributed by atoms with Crippen molar-refractivity contribution in [2.75, 3.05) is 13.7 Å². The number of rotatable bonds is 7. The molecule has 140 valence electrons. The van der Waals surface area contributed by atoms with Gasteiger partial charge < -0.3 is 18.9 Å². The van der Waals surface area contributed by atoms with Crippen LogP contribution in [0.2, 0.25) is 0 Å². The smallest absolute Gasteiger partial charge is 0.164 e. The highest BCUT2D eigenvalue weighted by molar-refractivity contribution is 5.23. The van der Waals surface area contributed by atoms with Gasteiger partial charge in [0.1, 0.15) is 24.4 Å². The van der Waals surface area contributed by atoms with Crippen LogP contribution in [0.4, 0.5) is 0 Å². The second kappa shape index (κ2) is 8.31. The third-order valence-corrected chi connectivity index (χ3v) is 4.62. The Kier molecular flexibility index (Phi) is 6.09. The summed E-state index contributed by atoms with van der Waals surface area (Å²) in [6, 6.07) is 20.3. The lowest BCUT2D eigenvalue weighted by Crippen LogP contribution is -2.36. The van der Waals surface area contributed by atoms with Gasteiger partial charge in [0.2, 0.25) is 0 Å². The van der Waals surface area contributed by atoms with E-state index in [1.54, 1.807) is 7.11 Å². The standard InChI is InChI=1S/C22H28O4/c1-5-24-19(17-14-10-7-11-15-17)21-20(25-22(2,3)26-21)18(23-4)16-12-8-6-9-13-16/h6-15,18-21H,5H2,1-4H3/t18?,19-,20?,21+/m1/s1. The molecule has 4 atom stereocenters. The zero-order valence-corrected chi connectivity index (χ0v) is 15.9. The van der Waals surface area contributed by atoms with Crippen molar-refractivity contribution in [3.05, 3.63) is 71.8 Å². The molecule has 0 bridgehead atoms. The summed E-state index contributed by atoms with van der Waals surface area (Å²) < 4.78 is 24.6. The Hall–Kier alpha value is -1.72. The molecule has 2 aromatic carbocycles. The molecule has 3 rings (SSSR count). The van der Waals surface area contributed by atoms with E-state index in [0.29, 0.717) is 6.61 Å². The molecule has 0 aromatic heterocycles. The summed E-state index contributed by atoms with van der Waals surface area (Å²) >= 11 is 0. The van der Waals surface area contributed by atoms with Crippen molar-refractivity contribution in [3.63, 3.8) is 0 Å². The fourth-order valence-electron chi connectivity index (χ4n) is 3.59. The number of benzene rings is 2. The zero-order valence-electron chi connectivity index (χ0n) is 15.9. The predicted octanol–water partition coefficient (Wildman–Crippen LogP) is 4.67. The third kappa shape index (κ3) is 4.15. The van der Waals surface area contributed by atoms with Crippen LogP contribution >= 0.6 is 0 Å². The van der Waals surface area contributed by atoms with E-state index in [2.05, 4.69) is 24.3 Å². The van der Waals surface area contributed by atoms with Gasteiger partial charge in [-0.25, -0.2) is 0 Å². The number of methoxy groups -OCH3 is 1. The van der Waals surface area contributed by atoms with Crippen molar-refractivity contribution >= 4 is 0 Å². The van der Waals surface area contributed by atoms with E-state index in [4.69, 9.17) is 18.9 Å². The molecule has 0 saturated carbocycles. The first-order chi connectivity index (χ1) is 12.6. The Morgan fingerprint density at radius 2 is 1.31 bits per heavy atom. The molecule has 0 spiro atoms. The molecule has 4 heteroatoms. The van der Waals surface area contributed by atoms with E-state index in [1.165, 1.54) is 0 Å². The molecule has 1 aliphatic rings. The van der Waals surface area contributed by atoms with Crippen LogP contribution in [-0.4, -0.2) is 31.7 Å². The summed E-state index contributed by atoms with van der Waals surface area (Å²) in [6.07, 6.45) is -1.03. The lowest BCUT2D eigenvalue weighted by molar-refractivity contribution is -0.165. The molecule has 26 heavy (non-hydrogen) atoms. The maximum absolute atomic E-state index is 6.31. The van der Waals surface area contributed by atoms with Crippen molar-refractivity contribution in [2.24, 2.45) is 0 Å². The second-order valence-corrected chi connectivity index (χ2v) is 6.92. The minimum Gasteiger partial charge on any atom is -0.374 e. The molecule has 0 radical (unpaired) electrons. The molecule has 2 aromatic rings. The van der Waals surface area contributed by atoms with Gasteiger partial charge in [-0.2, -0.15) is 0 Å². The normalized spacial score (nSPS) is 24.3. The van der Waals surface area contributed by atoms with Crippen molar-refractivity contribution in [1.82, 2.24) is 0 Å². The van der Waals surface area contributed by atoms with Gasteiger partial charge >= 0.3 is 0 Å². The van der Waals surface area contributed by atoms with Gasteiger partial charge in [0, 0.05) is 13.7 Å². The Bertz CT molecular complexity index is 671. The average molecular weight is 356 g/mol. The Morgan fingerprint density at radius 1 is 0.846 bits per heavy atom. The van der Waals surface area contributed by atoms with Crippen LogP contribution in [0.3, 0.4) is 0 Å². The molecule has 1 fully saturated rings. The molecular formula is C22H28O4. The number of hydrogen-bond acceptors (Lipinski definition) is 4. The summed E-state index contributed by atoms with van der Waals surface area (Å²) in [5.41, 5.74) is 2.14. The van der Waals surface area contributed by atoms with Crippen molar-refractivity contribution in [2.45, 2.75) is 51.0 Å². The summed E-state index contributed by atoms with van der Waals surface area (Å²) in [4.78, 5) is 0. The van der Waals surface area contributed by atoms with Crippen LogP contribution in [0.25, 0.3) is 0 Å². The molecule has 0 N–H and O–H groups in total. The molecule has 0 amide bonds. The molecule has 0 aliphatic carbocycles. The Labute approximate surface area is 156 Å². The quantitative estimate of drug-likeness (QED) is 0.722. The first kappa shape index (κ1) is 19.1. The molecular weight excluding hydrogens is 328 g/mol. The van der Waals surface area contributed by atoms with Crippen LogP contribution in [-0.2, 0) is 18.9 Å². The minimum absolute atomic E-state index is 0.227. The molecule has 2 unspecified atom stereocenters. The number of ether oxygens (including phenoxy) is 4. The zero-order chi connectivity index (χ0) is 18.6. The predicted molar refractivity (Wildman–Crippen MR) is 101 cm³/mol. The molecule has 1 aliphatic heterocycles. The first-order valence-electron chi connectivity index (χ1n) is 9.15. The highest BCUT2D eigenvalue weighted by Crippen LogP contribution is 2.42. The van der Waals surface area contributed by atoms with Gasteiger partial charge in [-0.15, -0.1) is 0 Å². The average Bonchev–Trinajstić information content (AvgIpc) is 2.97. The van der Waals surface area contributed by atoms with Crippen molar-refractivity contribution in [1.29, 1.82) is 0 Å². The highest BCUT2D eigenvalue weighted by atomic mass is 16.8. The van der Waals surface area contributed by atoms with E-state index >= 15 is 0 Å². The van der Waals surface area contributed by atoms with Crippen LogP contribution < -0.4 is 0 Å². The van der Waals surface area contributed by atoms with Crippen molar-refractivity contribution in [3.8, 4) is 0 Å². The van der Waals surface area contributed by atoms with Gasteiger partial charge in [0.05, 0.1) is 0 Å². The Balaban J connectivity index is 1.96. The maximum atomic E-state index is 6.31. The largest absolute Gasteiger partial charge is 0.374 e. The van der Waals surface area contributed by atoms with E-state index in [1.807, 2.05) is 57.2 Å². The van der Waals surface area contributed by atoms with Gasteiger partial charge in [0.25, 0.3) is 0 Å². The van der Waals surface area contributed by atoms with E-state index < -0.39 is 5.79 Å². The van der Waals surface area contributed by atoms with Crippen molar-refractivity contribution < 1.29 is 18.9 Å². The second-order valence-electron chi connectivity index (χ2n) is 6.92.